The number of benzene rings is 1. The van der Waals surface area contributed by atoms with E-state index < -0.39 is 0 Å². The minimum atomic E-state index is -0.134. The van der Waals surface area contributed by atoms with Gasteiger partial charge in [-0.05, 0) is 73.8 Å². The Hall–Kier alpha value is -3.65. The maximum atomic E-state index is 13.0. The summed E-state index contributed by atoms with van der Waals surface area (Å²) in [7, 11) is 1.96. The molecule has 8 heteroatoms. The molecule has 0 radical (unpaired) electrons. The van der Waals surface area contributed by atoms with E-state index in [0.717, 1.165) is 39.5 Å². The largest absolute Gasteiger partial charge is 0.345 e. The van der Waals surface area contributed by atoms with Crippen LogP contribution in [0.2, 0.25) is 0 Å². The van der Waals surface area contributed by atoms with Crippen LogP contribution in [0.3, 0.4) is 0 Å². The summed E-state index contributed by atoms with van der Waals surface area (Å²) in [6, 6.07) is 6.34. The third kappa shape index (κ3) is 4.89. The highest BCUT2D eigenvalue weighted by Gasteiger charge is 2.38. The van der Waals surface area contributed by atoms with Crippen molar-refractivity contribution in [3.63, 3.8) is 0 Å². The predicted molar refractivity (Wildman–Crippen MR) is 160 cm³/mol. The van der Waals surface area contributed by atoms with Crippen molar-refractivity contribution in [1.82, 2.24) is 30.0 Å². The molecule has 4 aromatic rings. The van der Waals surface area contributed by atoms with Crippen molar-refractivity contribution in [1.29, 1.82) is 0 Å². The number of carbonyl (C=O) groups excluding carboxylic acids is 1. The maximum absolute atomic E-state index is 13.0. The van der Waals surface area contributed by atoms with E-state index in [9.17, 15) is 4.79 Å². The van der Waals surface area contributed by atoms with Crippen molar-refractivity contribution in [2.75, 3.05) is 0 Å². The fraction of sp³-hybridized carbons (Fsp3) is 0.406. The second kappa shape index (κ2) is 10.1. The van der Waals surface area contributed by atoms with Crippen LogP contribution < -0.4 is 5.32 Å². The molecule has 1 fully saturated rings. The van der Waals surface area contributed by atoms with Gasteiger partial charge in [0.25, 0.3) is 5.91 Å². The van der Waals surface area contributed by atoms with Crippen molar-refractivity contribution in [2.24, 2.45) is 13.0 Å². The van der Waals surface area contributed by atoms with Crippen LogP contribution in [0.1, 0.15) is 102 Å². The number of amides is 1. The molecule has 3 atom stereocenters. The van der Waals surface area contributed by atoms with E-state index in [1.807, 2.05) is 24.9 Å². The van der Waals surface area contributed by atoms with E-state index >= 15 is 0 Å². The highest BCUT2D eigenvalue weighted by Crippen LogP contribution is 2.52. The number of hydrogen-bond donors (Lipinski definition) is 1. The van der Waals surface area contributed by atoms with Crippen LogP contribution in [0.4, 0.5) is 0 Å². The molecule has 1 N–H and O–H groups in total. The standard InChI is InChI=1S/C32H36N6OS/c1-18-11-21(8-9-24(18)19(2)37-30(39)27-15-33-31(40-27)32(3,4)5)29-28-25-10-7-20(25)12-22(13-26(28)34-17-35-29)23-14-36-38(6)16-23/h8-9,11,13-17,19-20,25H,7,10,12H2,1-6H3,(H,37,39). The summed E-state index contributed by atoms with van der Waals surface area (Å²) >= 11 is 1.46. The zero-order valence-electron chi connectivity index (χ0n) is 24.0. The summed E-state index contributed by atoms with van der Waals surface area (Å²) in [6.45, 7) is 10.5. The van der Waals surface area contributed by atoms with Crippen LogP contribution in [0.5, 0.6) is 0 Å². The molecule has 0 saturated heterocycles. The van der Waals surface area contributed by atoms with E-state index in [0.29, 0.717) is 16.7 Å². The lowest BCUT2D eigenvalue weighted by atomic mass is 9.67. The monoisotopic (exact) mass is 552 g/mol. The predicted octanol–water partition coefficient (Wildman–Crippen LogP) is 6.87. The van der Waals surface area contributed by atoms with Crippen molar-refractivity contribution >= 4 is 28.9 Å². The normalized spacial score (nSPS) is 19.1. The molecular formula is C32H36N6OS. The first-order valence-corrected chi connectivity index (χ1v) is 14.8. The fourth-order valence-electron chi connectivity index (χ4n) is 5.99. The van der Waals surface area contributed by atoms with Gasteiger partial charge in [-0.3, -0.25) is 9.48 Å². The molecule has 3 unspecified atom stereocenters. The number of thiazole rings is 1. The Labute approximate surface area is 239 Å². The molecule has 1 saturated carbocycles. The van der Waals surface area contributed by atoms with Crippen LogP contribution in [0.25, 0.3) is 22.9 Å². The number of allylic oxidation sites excluding steroid dienone is 1. The molecule has 6 rings (SSSR count). The number of rotatable bonds is 5. The second-order valence-corrected chi connectivity index (χ2v) is 13.3. The maximum Gasteiger partial charge on any atom is 0.263 e. The number of carbonyl (C=O) groups is 1. The quantitative estimate of drug-likeness (QED) is 0.292. The molecule has 2 aliphatic rings. The Morgan fingerprint density at radius 3 is 2.60 bits per heavy atom. The molecule has 0 aliphatic heterocycles. The zero-order valence-corrected chi connectivity index (χ0v) is 24.8. The van der Waals surface area contributed by atoms with Gasteiger partial charge in [0.05, 0.1) is 34.8 Å². The van der Waals surface area contributed by atoms with E-state index in [-0.39, 0.29) is 17.4 Å². The van der Waals surface area contributed by atoms with Gasteiger partial charge in [-0.15, -0.1) is 11.3 Å². The topological polar surface area (TPSA) is 85.6 Å². The summed E-state index contributed by atoms with van der Waals surface area (Å²) < 4.78 is 1.86. The van der Waals surface area contributed by atoms with E-state index in [2.05, 4.69) is 73.6 Å². The van der Waals surface area contributed by atoms with Crippen LogP contribution in [0, 0.1) is 12.8 Å². The lowest BCUT2D eigenvalue weighted by Crippen LogP contribution is -2.26. The lowest BCUT2D eigenvalue weighted by Gasteiger charge is -2.37. The summed E-state index contributed by atoms with van der Waals surface area (Å²) in [5.74, 6) is 0.975. The van der Waals surface area contributed by atoms with Gasteiger partial charge in [-0.2, -0.15) is 5.10 Å². The van der Waals surface area contributed by atoms with Gasteiger partial charge >= 0.3 is 0 Å². The van der Waals surface area contributed by atoms with Crippen molar-refractivity contribution < 1.29 is 4.79 Å². The Bertz CT molecular complexity index is 1620. The van der Waals surface area contributed by atoms with Crippen LogP contribution in [-0.4, -0.2) is 30.6 Å². The Kier molecular flexibility index (Phi) is 6.69. The SMILES string of the molecule is Cc1cc(-c2ncnc3c2C2CCC2CC(c2cnn(C)c2)=C3)ccc1C(C)NC(=O)c1cnc(C(C)(C)C)s1. The van der Waals surface area contributed by atoms with Crippen molar-refractivity contribution in [2.45, 2.75) is 71.3 Å². The molecule has 7 nitrogen and oxygen atoms in total. The number of aryl methyl sites for hydroxylation is 2. The summed E-state index contributed by atoms with van der Waals surface area (Å²) in [4.78, 5) is 27.7. The van der Waals surface area contributed by atoms with Gasteiger partial charge in [0.1, 0.15) is 11.2 Å². The minimum Gasteiger partial charge on any atom is -0.345 e. The third-order valence-corrected chi connectivity index (χ3v) is 9.72. The second-order valence-electron chi connectivity index (χ2n) is 12.3. The molecule has 0 bridgehead atoms. The molecular weight excluding hydrogens is 516 g/mol. The molecule has 3 heterocycles. The van der Waals surface area contributed by atoms with Crippen LogP contribution in [-0.2, 0) is 12.5 Å². The van der Waals surface area contributed by atoms with Gasteiger partial charge < -0.3 is 5.32 Å². The van der Waals surface area contributed by atoms with Gasteiger partial charge in [0.15, 0.2) is 0 Å². The number of hydrogen-bond acceptors (Lipinski definition) is 6. The third-order valence-electron chi connectivity index (χ3n) is 8.30. The molecule has 2 aliphatic carbocycles. The minimum absolute atomic E-state index is 0.0734. The highest BCUT2D eigenvalue weighted by atomic mass is 32.1. The number of nitrogens with one attached hydrogen (secondary N) is 1. The Balaban J connectivity index is 1.28. The molecule has 40 heavy (non-hydrogen) atoms. The molecule has 1 aromatic carbocycles. The van der Waals surface area contributed by atoms with E-state index in [1.165, 1.54) is 40.9 Å². The van der Waals surface area contributed by atoms with Gasteiger partial charge in [0, 0.05) is 35.3 Å². The Morgan fingerprint density at radius 2 is 1.95 bits per heavy atom. The van der Waals surface area contributed by atoms with E-state index in [1.54, 1.807) is 12.5 Å². The Morgan fingerprint density at radius 1 is 1.12 bits per heavy atom. The molecule has 206 valence electrons. The number of nitrogens with zero attached hydrogens (tertiary/aromatic N) is 5. The van der Waals surface area contributed by atoms with Crippen molar-refractivity contribution in [3.8, 4) is 11.3 Å². The first-order chi connectivity index (χ1) is 19.1. The summed E-state index contributed by atoms with van der Waals surface area (Å²) in [6.07, 6.45) is 13.1. The zero-order chi connectivity index (χ0) is 28.2. The number of aromatic nitrogens is 5. The fourth-order valence-corrected chi connectivity index (χ4v) is 6.86. The van der Waals surface area contributed by atoms with Gasteiger partial charge in [-0.25, -0.2) is 15.0 Å². The highest BCUT2D eigenvalue weighted by molar-refractivity contribution is 7.13. The van der Waals surface area contributed by atoms with Gasteiger partial charge in [0.2, 0.25) is 0 Å². The van der Waals surface area contributed by atoms with Crippen LogP contribution >= 0.6 is 11.3 Å². The molecule has 1 amide bonds. The van der Waals surface area contributed by atoms with Crippen LogP contribution in [0.15, 0.2) is 43.1 Å². The average Bonchev–Trinajstić information content (AvgIpc) is 3.54. The summed E-state index contributed by atoms with van der Waals surface area (Å²) in [5, 5.41) is 8.53. The first-order valence-electron chi connectivity index (χ1n) is 14.0. The summed E-state index contributed by atoms with van der Waals surface area (Å²) in [5.41, 5.74) is 9.04. The van der Waals surface area contributed by atoms with E-state index in [4.69, 9.17) is 9.97 Å². The van der Waals surface area contributed by atoms with Gasteiger partial charge in [-0.1, -0.05) is 32.9 Å². The molecule has 0 spiro atoms. The smallest absolute Gasteiger partial charge is 0.263 e. The van der Waals surface area contributed by atoms with Crippen molar-refractivity contribution in [3.05, 3.63) is 80.9 Å². The number of fused-ring (bicyclic) bond motifs is 3. The first kappa shape index (κ1) is 26.6. The lowest BCUT2D eigenvalue weighted by molar-refractivity contribution is 0.0943. The average molecular weight is 553 g/mol. The molecule has 3 aromatic heterocycles.